The first-order valence-electron chi connectivity index (χ1n) is 8.40. The molecule has 0 bridgehead atoms. The summed E-state index contributed by atoms with van der Waals surface area (Å²) in [5, 5.41) is 3.37. The fourth-order valence-corrected chi connectivity index (χ4v) is 4.28. The summed E-state index contributed by atoms with van der Waals surface area (Å²) in [6, 6.07) is 0. The lowest BCUT2D eigenvalue weighted by Crippen LogP contribution is -2.36. The Hall–Kier alpha value is -1.80. The van der Waals surface area contributed by atoms with Gasteiger partial charge in [0.05, 0.1) is 12.7 Å². The summed E-state index contributed by atoms with van der Waals surface area (Å²) in [7, 11) is 1.89. The molecule has 8 heteroatoms. The highest BCUT2D eigenvalue weighted by molar-refractivity contribution is 7.15. The van der Waals surface area contributed by atoms with E-state index in [0.29, 0.717) is 11.7 Å². The Kier molecular flexibility index (Phi) is 5.19. The van der Waals surface area contributed by atoms with Gasteiger partial charge in [0.25, 0.3) is 0 Å². The standard InChI is InChI=1S/C17H24FN5OS/c1-12(24)21-16-20-8-14(25-16)10-23-5-4-17(2,11-23)6-15-19-7-13(18)9-22(15)3/h7-8H,4-6,9-11H2,1-3H3,(H,20,21,24). The fraction of sp³-hybridized carbons (Fsp3) is 0.588. The number of amides is 1. The molecule has 25 heavy (non-hydrogen) atoms. The number of nitrogens with one attached hydrogen (secondary N) is 1. The summed E-state index contributed by atoms with van der Waals surface area (Å²) < 4.78 is 13.3. The fourth-order valence-electron chi connectivity index (χ4n) is 3.38. The molecule has 3 rings (SSSR count). The lowest BCUT2D eigenvalue weighted by molar-refractivity contribution is -0.114. The van der Waals surface area contributed by atoms with E-state index in [9.17, 15) is 9.18 Å². The lowest BCUT2D eigenvalue weighted by Gasteiger charge is -2.30. The van der Waals surface area contributed by atoms with Gasteiger partial charge in [-0.2, -0.15) is 0 Å². The van der Waals surface area contributed by atoms with Crippen LogP contribution in [0, 0.1) is 5.41 Å². The molecule has 136 valence electrons. The predicted molar refractivity (Wildman–Crippen MR) is 98.3 cm³/mol. The third-order valence-corrected chi connectivity index (χ3v) is 5.52. The van der Waals surface area contributed by atoms with E-state index < -0.39 is 0 Å². The minimum absolute atomic E-state index is 0.0995. The number of amidine groups is 1. The van der Waals surface area contributed by atoms with Gasteiger partial charge in [-0.1, -0.05) is 6.92 Å². The summed E-state index contributed by atoms with van der Waals surface area (Å²) in [5.74, 6) is 0.665. The number of nitrogens with zero attached hydrogens (tertiary/aromatic N) is 4. The van der Waals surface area contributed by atoms with Crippen LogP contribution < -0.4 is 5.32 Å². The number of carbonyl (C=O) groups excluding carboxylic acids is 1. The van der Waals surface area contributed by atoms with Gasteiger partial charge in [0, 0.05) is 44.6 Å². The van der Waals surface area contributed by atoms with Crippen LogP contribution in [0.15, 0.2) is 23.2 Å². The number of thiazole rings is 1. The number of likely N-dealkylation sites (N-methyl/N-ethyl adjacent to an activating group) is 1. The van der Waals surface area contributed by atoms with E-state index >= 15 is 0 Å². The van der Waals surface area contributed by atoms with Crippen molar-refractivity contribution in [2.45, 2.75) is 33.2 Å². The molecular formula is C17H24FN5OS. The van der Waals surface area contributed by atoms with Crippen LogP contribution in [0.2, 0.25) is 0 Å². The van der Waals surface area contributed by atoms with Crippen molar-refractivity contribution in [3.63, 3.8) is 0 Å². The Labute approximate surface area is 151 Å². The number of halogens is 1. The summed E-state index contributed by atoms with van der Waals surface area (Å²) in [4.78, 5) is 25.1. The largest absolute Gasteiger partial charge is 0.356 e. The maximum absolute atomic E-state index is 13.3. The van der Waals surface area contributed by atoms with Gasteiger partial charge in [0.1, 0.15) is 11.7 Å². The molecule has 1 amide bonds. The molecule has 0 aliphatic carbocycles. The number of aromatic nitrogens is 1. The van der Waals surface area contributed by atoms with Crippen molar-refractivity contribution in [3.8, 4) is 0 Å². The van der Waals surface area contributed by atoms with Gasteiger partial charge < -0.3 is 10.2 Å². The van der Waals surface area contributed by atoms with Gasteiger partial charge >= 0.3 is 0 Å². The molecule has 1 saturated heterocycles. The summed E-state index contributed by atoms with van der Waals surface area (Å²) in [6.07, 6.45) is 5.11. The average molecular weight is 365 g/mol. The summed E-state index contributed by atoms with van der Waals surface area (Å²) in [5.41, 5.74) is 0.139. The SMILES string of the molecule is CC(=O)Nc1ncc(CN2CCC(C)(CC3=NC=C(F)CN3C)C2)s1. The van der Waals surface area contributed by atoms with E-state index in [1.165, 1.54) is 24.5 Å². The highest BCUT2D eigenvalue weighted by atomic mass is 32.1. The second kappa shape index (κ2) is 7.21. The van der Waals surface area contributed by atoms with Gasteiger partial charge in [-0.25, -0.2) is 14.4 Å². The molecule has 1 unspecified atom stereocenters. The second-order valence-corrected chi connectivity index (χ2v) is 8.35. The van der Waals surface area contributed by atoms with Crippen molar-refractivity contribution < 1.29 is 9.18 Å². The zero-order valence-electron chi connectivity index (χ0n) is 14.9. The van der Waals surface area contributed by atoms with E-state index in [0.717, 1.165) is 43.2 Å². The summed E-state index contributed by atoms with van der Waals surface area (Å²) >= 11 is 1.52. The van der Waals surface area contributed by atoms with Crippen molar-refractivity contribution in [3.05, 3.63) is 23.1 Å². The number of rotatable bonds is 5. The van der Waals surface area contributed by atoms with Crippen LogP contribution in [0.25, 0.3) is 0 Å². The molecule has 6 nitrogen and oxygen atoms in total. The molecule has 0 saturated carbocycles. The van der Waals surface area contributed by atoms with Crippen molar-refractivity contribution in [2.24, 2.45) is 10.4 Å². The minimum atomic E-state index is -0.190. The van der Waals surface area contributed by atoms with Crippen molar-refractivity contribution in [1.29, 1.82) is 0 Å². The zero-order valence-corrected chi connectivity index (χ0v) is 15.7. The van der Waals surface area contributed by atoms with E-state index in [1.54, 1.807) is 0 Å². The molecular weight excluding hydrogens is 341 g/mol. The van der Waals surface area contributed by atoms with Crippen molar-refractivity contribution >= 4 is 28.2 Å². The van der Waals surface area contributed by atoms with Crippen LogP contribution in [0.1, 0.15) is 31.6 Å². The Morgan fingerprint density at radius 3 is 3.04 bits per heavy atom. The Morgan fingerprint density at radius 1 is 1.52 bits per heavy atom. The first-order valence-corrected chi connectivity index (χ1v) is 9.22. The number of hydrogen-bond donors (Lipinski definition) is 1. The lowest BCUT2D eigenvalue weighted by atomic mass is 9.85. The van der Waals surface area contributed by atoms with Crippen LogP contribution in [-0.2, 0) is 11.3 Å². The first-order chi connectivity index (χ1) is 11.8. The maximum Gasteiger partial charge on any atom is 0.223 e. The molecule has 1 fully saturated rings. The molecule has 0 spiro atoms. The highest BCUT2D eigenvalue weighted by Gasteiger charge is 2.36. The third-order valence-electron chi connectivity index (χ3n) is 4.62. The van der Waals surface area contributed by atoms with E-state index in [1.807, 2.05) is 18.1 Å². The number of aliphatic imine (C=N–C) groups is 1. The summed E-state index contributed by atoms with van der Waals surface area (Å²) in [6.45, 7) is 6.89. The minimum Gasteiger partial charge on any atom is -0.356 e. The second-order valence-electron chi connectivity index (χ2n) is 7.24. The predicted octanol–water partition coefficient (Wildman–Crippen LogP) is 2.86. The van der Waals surface area contributed by atoms with Gasteiger partial charge in [-0.15, -0.1) is 11.3 Å². The third kappa shape index (κ3) is 4.64. The van der Waals surface area contributed by atoms with Gasteiger partial charge in [0.2, 0.25) is 5.91 Å². The Bertz CT molecular complexity index is 716. The van der Waals surface area contributed by atoms with E-state index in [2.05, 4.69) is 27.1 Å². The Morgan fingerprint density at radius 2 is 2.32 bits per heavy atom. The molecule has 2 aliphatic rings. The molecule has 1 aromatic heterocycles. The number of hydrogen-bond acceptors (Lipinski definition) is 6. The monoisotopic (exact) mass is 365 g/mol. The van der Waals surface area contributed by atoms with Crippen molar-refractivity contribution in [1.82, 2.24) is 14.8 Å². The molecule has 1 N–H and O–H groups in total. The number of likely N-dealkylation sites (tertiary alicyclic amines) is 1. The Balaban J connectivity index is 1.57. The van der Waals surface area contributed by atoms with E-state index in [-0.39, 0.29) is 17.1 Å². The highest BCUT2D eigenvalue weighted by Crippen LogP contribution is 2.36. The quantitative estimate of drug-likeness (QED) is 0.872. The zero-order chi connectivity index (χ0) is 18.0. The van der Waals surface area contributed by atoms with Crippen LogP contribution in [0.4, 0.5) is 9.52 Å². The van der Waals surface area contributed by atoms with Crippen LogP contribution >= 0.6 is 11.3 Å². The molecule has 2 aliphatic heterocycles. The van der Waals surface area contributed by atoms with Crippen LogP contribution in [0.5, 0.6) is 0 Å². The molecule has 0 aromatic carbocycles. The van der Waals surface area contributed by atoms with Gasteiger partial charge in [-0.05, 0) is 18.4 Å². The topological polar surface area (TPSA) is 60.8 Å². The number of carbonyl (C=O) groups is 1. The number of anilines is 1. The molecule has 1 aromatic rings. The first kappa shape index (κ1) is 18.0. The molecule has 3 heterocycles. The van der Waals surface area contributed by atoms with Gasteiger partial charge in [0.15, 0.2) is 5.13 Å². The maximum atomic E-state index is 13.3. The van der Waals surface area contributed by atoms with Crippen LogP contribution in [-0.4, -0.2) is 53.2 Å². The van der Waals surface area contributed by atoms with Crippen LogP contribution in [0.3, 0.4) is 0 Å². The van der Waals surface area contributed by atoms with Gasteiger partial charge in [-0.3, -0.25) is 9.69 Å². The molecule has 1 atom stereocenters. The van der Waals surface area contributed by atoms with Crippen molar-refractivity contribution in [2.75, 3.05) is 32.0 Å². The molecule has 0 radical (unpaired) electrons. The normalized spacial score (nSPS) is 24.2. The van der Waals surface area contributed by atoms with E-state index in [4.69, 9.17) is 0 Å². The average Bonchev–Trinajstić information content (AvgIpc) is 3.09. The smallest absolute Gasteiger partial charge is 0.223 e.